The highest BCUT2D eigenvalue weighted by atomic mass is 32.1. The molecule has 6 nitrogen and oxygen atoms in total. The first-order chi connectivity index (χ1) is 20.1. The quantitative estimate of drug-likeness (QED) is 0.101. The standard InChI is InChI=1S/C34H48N2O4S/c1-4-5-6-7-8-9-10-11-12-13-14-15-22-39-32-21-20-31(23-33(32)38-3)40-26-34(37)35-30-18-16-29(17-19-30)25-36-24-28(2)41-27-36/h16-21,23-24,27H,4-15,22,25-26H2,1-3H3/p+1. The number of carbonyl (C=O) groups is 1. The fraction of sp³-hybridized carbons (Fsp3) is 0.529. The number of benzene rings is 2. The molecule has 3 aromatic rings. The molecule has 0 aliphatic rings. The van der Waals surface area contributed by atoms with Gasteiger partial charge in [-0.3, -0.25) is 4.79 Å². The molecule has 0 spiro atoms. The number of carbonyl (C=O) groups excluding carboxylic acids is 1. The Bertz CT molecular complexity index is 1150. The molecule has 1 heterocycles. The zero-order valence-electron chi connectivity index (χ0n) is 25.3. The van der Waals surface area contributed by atoms with E-state index in [1.807, 2.05) is 36.4 Å². The van der Waals surface area contributed by atoms with Crippen LogP contribution in [0.4, 0.5) is 5.69 Å². The van der Waals surface area contributed by atoms with Gasteiger partial charge in [0.1, 0.15) is 5.75 Å². The van der Waals surface area contributed by atoms with Gasteiger partial charge in [0.05, 0.1) is 18.6 Å². The van der Waals surface area contributed by atoms with Gasteiger partial charge in [-0.25, -0.2) is 0 Å². The molecule has 0 fully saturated rings. The molecule has 0 bridgehead atoms. The van der Waals surface area contributed by atoms with Crippen LogP contribution in [0.1, 0.15) is 94.4 Å². The fourth-order valence-electron chi connectivity index (χ4n) is 4.76. The number of nitrogens with zero attached hydrogens (tertiary/aromatic N) is 1. The lowest BCUT2D eigenvalue weighted by atomic mass is 10.1. The van der Waals surface area contributed by atoms with E-state index in [1.165, 1.54) is 81.1 Å². The summed E-state index contributed by atoms with van der Waals surface area (Å²) in [4.78, 5) is 13.7. The number of anilines is 1. The molecule has 0 saturated heterocycles. The maximum absolute atomic E-state index is 12.4. The maximum atomic E-state index is 12.4. The van der Waals surface area contributed by atoms with Crippen molar-refractivity contribution in [3.8, 4) is 17.2 Å². The van der Waals surface area contributed by atoms with Gasteiger partial charge >= 0.3 is 0 Å². The van der Waals surface area contributed by atoms with Crippen molar-refractivity contribution in [1.82, 2.24) is 0 Å². The molecule has 0 aliphatic carbocycles. The van der Waals surface area contributed by atoms with E-state index in [4.69, 9.17) is 14.2 Å². The van der Waals surface area contributed by atoms with Gasteiger partial charge in [-0.15, -0.1) is 0 Å². The zero-order chi connectivity index (χ0) is 29.1. The number of amides is 1. The molecule has 224 valence electrons. The highest BCUT2D eigenvalue weighted by Crippen LogP contribution is 2.31. The molecule has 3 rings (SSSR count). The minimum Gasteiger partial charge on any atom is -0.493 e. The average molecular weight is 582 g/mol. The van der Waals surface area contributed by atoms with Crippen LogP contribution in [0.3, 0.4) is 0 Å². The van der Waals surface area contributed by atoms with Crippen LogP contribution in [0, 0.1) is 6.92 Å². The van der Waals surface area contributed by atoms with Crippen molar-refractivity contribution in [3.05, 3.63) is 64.6 Å². The monoisotopic (exact) mass is 581 g/mol. The largest absolute Gasteiger partial charge is 0.493 e. The Morgan fingerprint density at radius 3 is 2.10 bits per heavy atom. The van der Waals surface area contributed by atoms with E-state index in [-0.39, 0.29) is 12.5 Å². The number of hydrogen-bond donors (Lipinski definition) is 1. The predicted molar refractivity (Wildman–Crippen MR) is 168 cm³/mol. The summed E-state index contributed by atoms with van der Waals surface area (Å²) in [6.07, 6.45) is 18.0. The van der Waals surface area contributed by atoms with E-state index in [9.17, 15) is 4.79 Å². The molecule has 0 aliphatic heterocycles. The number of unbranched alkanes of at least 4 members (excludes halogenated alkanes) is 11. The lowest BCUT2D eigenvalue weighted by Crippen LogP contribution is -2.30. The van der Waals surface area contributed by atoms with Crippen molar-refractivity contribution in [2.24, 2.45) is 0 Å². The minimum atomic E-state index is -0.216. The third-order valence-corrected chi connectivity index (χ3v) is 7.94. The topological polar surface area (TPSA) is 60.7 Å². The minimum absolute atomic E-state index is 0.0893. The van der Waals surface area contributed by atoms with Crippen LogP contribution in [-0.2, 0) is 11.3 Å². The summed E-state index contributed by atoms with van der Waals surface area (Å²) in [7, 11) is 1.62. The molecule has 7 heteroatoms. The van der Waals surface area contributed by atoms with Gasteiger partial charge < -0.3 is 19.5 Å². The van der Waals surface area contributed by atoms with Crippen molar-refractivity contribution in [2.75, 3.05) is 25.6 Å². The van der Waals surface area contributed by atoms with Gasteiger partial charge in [0, 0.05) is 17.3 Å². The Morgan fingerprint density at radius 2 is 1.49 bits per heavy atom. The number of aryl methyl sites for hydroxylation is 1. The van der Waals surface area contributed by atoms with Crippen LogP contribution < -0.4 is 24.1 Å². The van der Waals surface area contributed by atoms with Crippen LogP contribution in [0.15, 0.2) is 54.2 Å². The first-order valence-corrected chi connectivity index (χ1v) is 16.2. The van der Waals surface area contributed by atoms with Crippen molar-refractivity contribution < 1.29 is 23.6 Å². The first kappa shape index (κ1) is 32.5. The van der Waals surface area contributed by atoms with E-state index >= 15 is 0 Å². The van der Waals surface area contributed by atoms with E-state index in [1.54, 1.807) is 24.5 Å². The van der Waals surface area contributed by atoms with Crippen molar-refractivity contribution in [2.45, 2.75) is 97.4 Å². The number of rotatable bonds is 21. The van der Waals surface area contributed by atoms with Gasteiger partial charge in [0.15, 0.2) is 30.8 Å². The number of aromatic nitrogens is 1. The van der Waals surface area contributed by atoms with Crippen LogP contribution in [0.2, 0.25) is 0 Å². The van der Waals surface area contributed by atoms with E-state index in [0.29, 0.717) is 23.9 Å². The van der Waals surface area contributed by atoms with Crippen molar-refractivity contribution in [1.29, 1.82) is 0 Å². The first-order valence-electron chi connectivity index (χ1n) is 15.3. The summed E-state index contributed by atoms with van der Waals surface area (Å²) >= 11 is 1.73. The molecule has 0 radical (unpaired) electrons. The molecule has 1 aromatic heterocycles. The van der Waals surface area contributed by atoms with Crippen LogP contribution >= 0.6 is 11.3 Å². The highest BCUT2D eigenvalue weighted by Gasteiger charge is 2.10. The second kappa shape index (κ2) is 19.1. The molecule has 0 saturated carbocycles. The number of hydrogen-bond acceptors (Lipinski definition) is 5. The Morgan fingerprint density at radius 1 is 0.829 bits per heavy atom. The summed E-state index contributed by atoms with van der Waals surface area (Å²) in [6, 6.07) is 13.3. The van der Waals surface area contributed by atoms with E-state index < -0.39 is 0 Å². The van der Waals surface area contributed by atoms with E-state index in [0.717, 1.165) is 18.7 Å². The van der Waals surface area contributed by atoms with Gasteiger partial charge in [-0.2, -0.15) is 4.57 Å². The molecule has 1 amide bonds. The highest BCUT2D eigenvalue weighted by molar-refractivity contribution is 7.09. The van der Waals surface area contributed by atoms with Crippen molar-refractivity contribution >= 4 is 22.9 Å². The summed E-state index contributed by atoms with van der Waals surface area (Å²) in [5.74, 6) is 1.65. The summed E-state index contributed by atoms with van der Waals surface area (Å²) < 4.78 is 19.3. The lowest BCUT2D eigenvalue weighted by molar-refractivity contribution is -0.683. The smallest absolute Gasteiger partial charge is 0.262 e. The molecular weight excluding hydrogens is 532 g/mol. The Kier molecular flexibility index (Phi) is 15.1. The SMILES string of the molecule is CCCCCCCCCCCCCCOc1ccc(OCC(=O)Nc2ccc(C[n+]3csc(C)c3)cc2)cc1OC. The maximum Gasteiger partial charge on any atom is 0.262 e. The second-order valence-corrected chi connectivity index (χ2v) is 11.8. The Balaban J connectivity index is 1.29. The average Bonchev–Trinajstić information content (AvgIpc) is 3.39. The number of ether oxygens (including phenoxy) is 3. The number of thiazole rings is 1. The summed E-state index contributed by atoms with van der Waals surface area (Å²) in [6.45, 7) is 5.75. The van der Waals surface area contributed by atoms with Crippen LogP contribution in [0.25, 0.3) is 0 Å². The fourth-order valence-corrected chi connectivity index (χ4v) is 5.39. The molecule has 0 unspecified atom stereocenters. The van der Waals surface area contributed by atoms with Gasteiger partial charge in [-0.05, 0) is 37.6 Å². The van der Waals surface area contributed by atoms with Gasteiger partial charge in [0.25, 0.3) is 5.91 Å². The third kappa shape index (κ3) is 13.0. The lowest BCUT2D eigenvalue weighted by Gasteiger charge is -2.13. The predicted octanol–water partition coefficient (Wildman–Crippen LogP) is 8.50. The normalized spacial score (nSPS) is 10.9. The van der Waals surface area contributed by atoms with Crippen LogP contribution in [-0.4, -0.2) is 26.2 Å². The van der Waals surface area contributed by atoms with E-state index in [2.05, 4.69) is 35.4 Å². The van der Waals surface area contributed by atoms with Crippen LogP contribution in [0.5, 0.6) is 17.2 Å². The zero-order valence-corrected chi connectivity index (χ0v) is 26.1. The molecule has 1 N–H and O–H groups in total. The molecule has 2 aromatic carbocycles. The molecular formula is C34H49N2O4S+. The summed E-state index contributed by atoms with van der Waals surface area (Å²) in [5.41, 5.74) is 4.03. The van der Waals surface area contributed by atoms with Crippen molar-refractivity contribution in [3.63, 3.8) is 0 Å². The van der Waals surface area contributed by atoms with Gasteiger partial charge in [-0.1, -0.05) is 101 Å². The third-order valence-electron chi connectivity index (χ3n) is 7.08. The number of nitrogens with one attached hydrogen (secondary N) is 1. The van der Waals surface area contributed by atoms with Gasteiger partial charge in [0.2, 0.25) is 5.51 Å². The molecule has 41 heavy (non-hydrogen) atoms. The summed E-state index contributed by atoms with van der Waals surface area (Å²) in [5, 5.41) is 2.89. The Hall–Kier alpha value is -3.06. The number of methoxy groups -OCH3 is 1. The Labute approximate surface area is 251 Å². The second-order valence-electron chi connectivity index (χ2n) is 10.7. The molecule has 0 atom stereocenters.